The number of benzene rings is 1. The summed E-state index contributed by atoms with van der Waals surface area (Å²) in [6.07, 6.45) is 3.38. The van der Waals surface area contributed by atoms with Gasteiger partial charge in [0, 0.05) is 30.7 Å². The number of aliphatic hydroxyl groups is 1. The molecule has 0 aliphatic heterocycles. The first-order chi connectivity index (χ1) is 8.77. The van der Waals surface area contributed by atoms with Gasteiger partial charge in [-0.1, -0.05) is 12.1 Å². The van der Waals surface area contributed by atoms with E-state index in [0.717, 1.165) is 22.7 Å². The van der Waals surface area contributed by atoms with Gasteiger partial charge in [0.2, 0.25) is 0 Å². The van der Waals surface area contributed by atoms with Crippen molar-refractivity contribution < 1.29 is 9.84 Å². The van der Waals surface area contributed by atoms with E-state index in [4.69, 9.17) is 4.74 Å². The summed E-state index contributed by atoms with van der Waals surface area (Å²) in [5.74, 6) is 0.792. The van der Waals surface area contributed by atoms with E-state index in [1.807, 2.05) is 42.3 Å². The fourth-order valence-electron chi connectivity index (χ4n) is 1.91. The Balaban J connectivity index is 2.44. The second-order valence-electron chi connectivity index (χ2n) is 3.89. The molecule has 1 heterocycles. The van der Waals surface area contributed by atoms with Crippen LogP contribution in [-0.2, 0) is 6.61 Å². The van der Waals surface area contributed by atoms with E-state index in [1.54, 1.807) is 19.5 Å². The standard InChI is InChI=1S/C14H16N2O2/c1-16(12-7-8-15-9-11(12)10-17)13-5-3-4-6-14(13)18-2/h3-9,17H,10H2,1-2H3. The van der Waals surface area contributed by atoms with Crippen LogP contribution in [0.5, 0.6) is 5.75 Å². The van der Waals surface area contributed by atoms with Crippen molar-refractivity contribution in [1.82, 2.24) is 4.98 Å². The first kappa shape index (κ1) is 12.4. The zero-order valence-corrected chi connectivity index (χ0v) is 10.5. The minimum atomic E-state index is -0.0390. The molecule has 0 atom stereocenters. The summed E-state index contributed by atoms with van der Waals surface area (Å²) in [7, 11) is 3.58. The highest BCUT2D eigenvalue weighted by Gasteiger charge is 2.12. The molecule has 0 spiro atoms. The molecular weight excluding hydrogens is 228 g/mol. The van der Waals surface area contributed by atoms with Crippen LogP contribution >= 0.6 is 0 Å². The van der Waals surface area contributed by atoms with E-state index in [-0.39, 0.29) is 6.61 Å². The molecule has 18 heavy (non-hydrogen) atoms. The van der Waals surface area contributed by atoms with Crippen molar-refractivity contribution in [3.8, 4) is 5.75 Å². The molecule has 0 fully saturated rings. The molecule has 1 aromatic carbocycles. The third kappa shape index (κ3) is 2.28. The van der Waals surface area contributed by atoms with Gasteiger partial charge in [-0.05, 0) is 18.2 Å². The number of methoxy groups -OCH3 is 1. The number of hydrogen-bond donors (Lipinski definition) is 1. The van der Waals surface area contributed by atoms with Crippen LogP contribution in [0.3, 0.4) is 0 Å². The molecule has 2 aromatic rings. The van der Waals surface area contributed by atoms with Gasteiger partial charge in [0.25, 0.3) is 0 Å². The van der Waals surface area contributed by atoms with Crippen LogP contribution in [0.4, 0.5) is 11.4 Å². The Morgan fingerprint density at radius 3 is 2.72 bits per heavy atom. The maximum absolute atomic E-state index is 9.34. The summed E-state index contributed by atoms with van der Waals surface area (Å²) in [6, 6.07) is 9.63. The van der Waals surface area contributed by atoms with Crippen molar-refractivity contribution in [2.75, 3.05) is 19.1 Å². The van der Waals surface area contributed by atoms with Gasteiger partial charge in [0.05, 0.1) is 19.4 Å². The Hall–Kier alpha value is -2.07. The van der Waals surface area contributed by atoms with Crippen LogP contribution in [0.2, 0.25) is 0 Å². The Bertz CT molecular complexity index is 481. The van der Waals surface area contributed by atoms with Crippen LogP contribution in [0.25, 0.3) is 0 Å². The fourth-order valence-corrected chi connectivity index (χ4v) is 1.91. The minimum Gasteiger partial charge on any atom is -0.495 e. The largest absolute Gasteiger partial charge is 0.495 e. The van der Waals surface area contributed by atoms with Gasteiger partial charge in [0.15, 0.2) is 0 Å². The number of nitrogens with zero attached hydrogens (tertiary/aromatic N) is 2. The predicted octanol–water partition coefficient (Wildman–Crippen LogP) is 2.35. The number of ether oxygens (including phenoxy) is 1. The molecule has 0 radical (unpaired) electrons. The third-order valence-electron chi connectivity index (χ3n) is 2.86. The summed E-state index contributed by atoms with van der Waals surface area (Å²) < 4.78 is 5.34. The molecule has 1 aromatic heterocycles. The Morgan fingerprint density at radius 2 is 2.00 bits per heavy atom. The molecular formula is C14H16N2O2. The molecule has 4 heteroatoms. The molecule has 0 unspecified atom stereocenters. The highest BCUT2D eigenvalue weighted by atomic mass is 16.5. The molecule has 0 saturated carbocycles. The molecule has 4 nitrogen and oxygen atoms in total. The highest BCUT2D eigenvalue weighted by molar-refractivity contribution is 5.70. The van der Waals surface area contributed by atoms with Crippen molar-refractivity contribution in [2.45, 2.75) is 6.61 Å². The average Bonchev–Trinajstić information content (AvgIpc) is 2.46. The number of rotatable bonds is 4. The Kier molecular flexibility index (Phi) is 3.79. The molecule has 0 amide bonds. The van der Waals surface area contributed by atoms with Crippen molar-refractivity contribution in [3.63, 3.8) is 0 Å². The monoisotopic (exact) mass is 244 g/mol. The van der Waals surface area contributed by atoms with Gasteiger partial charge in [-0.3, -0.25) is 4.98 Å². The molecule has 94 valence electrons. The van der Waals surface area contributed by atoms with Crippen molar-refractivity contribution in [3.05, 3.63) is 48.3 Å². The third-order valence-corrected chi connectivity index (χ3v) is 2.86. The van der Waals surface area contributed by atoms with Crippen molar-refractivity contribution in [1.29, 1.82) is 0 Å². The average molecular weight is 244 g/mol. The zero-order chi connectivity index (χ0) is 13.0. The maximum atomic E-state index is 9.34. The normalized spacial score (nSPS) is 10.2. The lowest BCUT2D eigenvalue weighted by atomic mass is 10.2. The Morgan fingerprint density at radius 1 is 1.22 bits per heavy atom. The lowest BCUT2D eigenvalue weighted by Gasteiger charge is -2.23. The van der Waals surface area contributed by atoms with Crippen LogP contribution in [0, 0.1) is 0 Å². The molecule has 0 aliphatic carbocycles. The fraction of sp³-hybridized carbons (Fsp3) is 0.214. The SMILES string of the molecule is COc1ccccc1N(C)c1ccncc1CO. The van der Waals surface area contributed by atoms with Crippen molar-refractivity contribution in [2.24, 2.45) is 0 Å². The van der Waals surface area contributed by atoms with Gasteiger partial charge in [-0.15, -0.1) is 0 Å². The molecule has 0 saturated heterocycles. The first-order valence-corrected chi connectivity index (χ1v) is 5.68. The predicted molar refractivity (Wildman–Crippen MR) is 71.2 cm³/mol. The Labute approximate surface area is 106 Å². The van der Waals surface area contributed by atoms with E-state index in [1.165, 1.54) is 0 Å². The number of pyridine rings is 1. The van der Waals surface area contributed by atoms with Gasteiger partial charge >= 0.3 is 0 Å². The van der Waals surface area contributed by atoms with Crippen LogP contribution < -0.4 is 9.64 Å². The van der Waals surface area contributed by atoms with E-state index in [2.05, 4.69) is 4.98 Å². The smallest absolute Gasteiger partial charge is 0.142 e. The quantitative estimate of drug-likeness (QED) is 0.896. The number of anilines is 2. The summed E-state index contributed by atoms with van der Waals surface area (Å²) in [5, 5.41) is 9.34. The van der Waals surface area contributed by atoms with Gasteiger partial charge in [-0.25, -0.2) is 0 Å². The van der Waals surface area contributed by atoms with Crippen molar-refractivity contribution >= 4 is 11.4 Å². The van der Waals surface area contributed by atoms with E-state index in [9.17, 15) is 5.11 Å². The molecule has 0 aliphatic rings. The van der Waals surface area contributed by atoms with Gasteiger partial charge in [-0.2, -0.15) is 0 Å². The topological polar surface area (TPSA) is 45.6 Å². The lowest BCUT2D eigenvalue weighted by Crippen LogP contribution is -2.13. The van der Waals surface area contributed by atoms with E-state index in [0.29, 0.717) is 0 Å². The number of aromatic nitrogens is 1. The summed E-state index contributed by atoms with van der Waals surface area (Å²) >= 11 is 0. The molecule has 0 bridgehead atoms. The maximum Gasteiger partial charge on any atom is 0.142 e. The number of aliphatic hydroxyl groups excluding tert-OH is 1. The summed E-state index contributed by atoms with van der Waals surface area (Å²) in [5.41, 5.74) is 2.64. The highest BCUT2D eigenvalue weighted by Crippen LogP contribution is 2.33. The second-order valence-corrected chi connectivity index (χ2v) is 3.89. The lowest BCUT2D eigenvalue weighted by molar-refractivity contribution is 0.282. The zero-order valence-electron chi connectivity index (χ0n) is 10.5. The van der Waals surface area contributed by atoms with Crippen LogP contribution in [-0.4, -0.2) is 24.2 Å². The molecule has 1 N–H and O–H groups in total. The van der Waals surface area contributed by atoms with Crippen LogP contribution in [0.15, 0.2) is 42.7 Å². The minimum absolute atomic E-state index is 0.0390. The van der Waals surface area contributed by atoms with E-state index >= 15 is 0 Å². The first-order valence-electron chi connectivity index (χ1n) is 5.68. The number of hydrogen-bond acceptors (Lipinski definition) is 4. The van der Waals surface area contributed by atoms with E-state index < -0.39 is 0 Å². The molecule has 2 rings (SSSR count). The summed E-state index contributed by atoms with van der Waals surface area (Å²) in [4.78, 5) is 6.00. The second kappa shape index (κ2) is 5.51. The van der Waals surface area contributed by atoms with Crippen LogP contribution in [0.1, 0.15) is 5.56 Å². The van der Waals surface area contributed by atoms with Gasteiger partial charge < -0.3 is 14.7 Å². The number of para-hydroxylation sites is 2. The summed E-state index contributed by atoms with van der Waals surface area (Å²) in [6.45, 7) is -0.0390. The van der Waals surface area contributed by atoms with Gasteiger partial charge in [0.1, 0.15) is 5.75 Å².